The second-order valence-electron chi connectivity index (χ2n) is 4.64. The van der Waals surface area contributed by atoms with Crippen LogP contribution in [0.2, 0.25) is 0 Å². The lowest BCUT2D eigenvalue weighted by atomic mass is 9.82. The summed E-state index contributed by atoms with van der Waals surface area (Å²) in [4.78, 5) is 23.5. The van der Waals surface area contributed by atoms with Crippen LogP contribution >= 0.6 is 27.5 Å². The first-order chi connectivity index (χ1) is 9.47. The number of carboxylic acids is 1. The first kappa shape index (κ1) is 15.1. The van der Waals surface area contributed by atoms with Crippen molar-refractivity contribution < 1.29 is 14.7 Å². The molecule has 0 aliphatic heterocycles. The van der Waals surface area contributed by atoms with E-state index < -0.39 is 17.8 Å². The number of carbonyl (C=O) groups is 2. The van der Waals surface area contributed by atoms with Crippen molar-refractivity contribution in [3.63, 3.8) is 0 Å². The Morgan fingerprint density at radius 2 is 1.90 bits per heavy atom. The Hall–Kier alpha value is -1.33. The van der Waals surface area contributed by atoms with Crippen LogP contribution < -0.4 is 5.32 Å². The van der Waals surface area contributed by atoms with E-state index in [9.17, 15) is 14.7 Å². The molecule has 1 aromatic rings. The number of carboxylic acid groups (broad SMARTS) is 1. The molecule has 0 saturated carbocycles. The first-order valence-electron chi connectivity index (χ1n) is 6.11. The minimum atomic E-state index is -0.971. The summed E-state index contributed by atoms with van der Waals surface area (Å²) in [6, 6.07) is 7.10. The Kier molecular flexibility index (Phi) is 4.83. The number of benzene rings is 1. The molecule has 0 bridgehead atoms. The summed E-state index contributed by atoms with van der Waals surface area (Å²) < 4.78 is 0.905. The Morgan fingerprint density at radius 1 is 1.25 bits per heavy atom. The van der Waals surface area contributed by atoms with Gasteiger partial charge in [-0.1, -0.05) is 33.6 Å². The van der Waals surface area contributed by atoms with Crippen LogP contribution in [0.3, 0.4) is 0 Å². The molecule has 2 rings (SSSR count). The van der Waals surface area contributed by atoms with Gasteiger partial charge in [-0.05, 0) is 37.1 Å². The summed E-state index contributed by atoms with van der Waals surface area (Å²) in [5.41, 5.74) is 0.632. The van der Waals surface area contributed by atoms with Crippen LogP contribution in [-0.4, -0.2) is 17.0 Å². The molecular weight excluding hydrogens is 346 g/mol. The van der Waals surface area contributed by atoms with Crippen molar-refractivity contribution in [2.24, 2.45) is 11.8 Å². The molecular formula is C14H13BrClNO3. The lowest BCUT2D eigenvalue weighted by molar-refractivity contribution is -0.146. The molecule has 1 aliphatic carbocycles. The fourth-order valence-corrected chi connectivity index (χ4v) is 2.69. The van der Waals surface area contributed by atoms with E-state index >= 15 is 0 Å². The number of carbonyl (C=O) groups excluding carboxylic acids is 1. The molecule has 0 fully saturated rings. The Morgan fingerprint density at radius 3 is 2.50 bits per heavy atom. The summed E-state index contributed by atoms with van der Waals surface area (Å²) in [6.07, 6.45) is 2.22. The van der Waals surface area contributed by atoms with Gasteiger partial charge in [-0.3, -0.25) is 9.59 Å². The third-order valence-electron chi connectivity index (χ3n) is 3.26. The lowest BCUT2D eigenvalue weighted by Crippen LogP contribution is -2.35. The number of hydrogen-bond acceptors (Lipinski definition) is 2. The molecule has 20 heavy (non-hydrogen) atoms. The van der Waals surface area contributed by atoms with E-state index in [1.54, 1.807) is 30.3 Å². The van der Waals surface area contributed by atoms with Crippen LogP contribution in [-0.2, 0) is 9.59 Å². The highest BCUT2D eigenvalue weighted by Crippen LogP contribution is 2.32. The van der Waals surface area contributed by atoms with Crippen molar-refractivity contribution in [3.05, 3.63) is 39.8 Å². The van der Waals surface area contributed by atoms with Crippen LogP contribution in [0, 0.1) is 11.8 Å². The van der Waals surface area contributed by atoms with Gasteiger partial charge in [0, 0.05) is 15.2 Å². The zero-order chi connectivity index (χ0) is 14.7. The molecule has 6 heteroatoms. The van der Waals surface area contributed by atoms with Gasteiger partial charge < -0.3 is 10.4 Å². The maximum absolute atomic E-state index is 12.2. The molecule has 106 valence electrons. The lowest BCUT2D eigenvalue weighted by Gasteiger charge is -2.25. The number of hydrogen-bond donors (Lipinski definition) is 2. The molecule has 4 nitrogen and oxygen atoms in total. The molecule has 0 unspecified atom stereocenters. The van der Waals surface area contributed by atoms with E-state index in [0.29, 0.717) is 10.7 Å². The smallest absolute Gasteiger partial charge is 0.307 e. The quantitative estimate of drug-likeness (QED) is 0.867. The highest BCUT2D eigenvalue weighted by molar-refractivity contribution is 9.10. The average Bonchev–Trinajstić information content (AvgIpc) is 2.41. The number of anilines is 1. The van der Waals surface area contributed by atoms with Gasteiger partial charge in [0.15, 0.2) is 0 Å². The SMILES string of the molecule is O=C(O)[C@H]1CC=C(Cl)C[C@H]1C(=O)Nc1ccc(Br)cc1. The van der Waals surface area contributed by atoms with E-state index in [2.05, 4.69) is 21.2 Å². The van der Waals surface area contributed by atoms with Gasteiger partial charge in [0.2, 0.25) is 5.91 Å². The monoisotopic (exact) mass is 357 g/mol. The standard InChI is InChI=1S/C14H13BrClNO3/c15-8-1-4-10(5-2-8)17-13(18)12-7-9(16)3-6-11(12)14(19)20/h1-5,11-12H,6-7H2,(H,17,18)(H,19,20)/t11-,12+/m0/s1. The molecule has 0 aromatic heterocycles. The molecule has 0 radical (unpaired) electrons. The van der Waals surface area contributed by atoms with Crippen LogP contribution in [0.25, 0.3) is 0 Å². The summed E-state index contributed by atoms with van der Waals surface area (Å²) in [6.45, 7) is 0. The summed E-state index contributed by atoms with van der Waals surface area (Å²) >= 11 is 9.24. The molecule has 1 amide bonds. The second kappa shape index (κ2) is 6.41. The highest BCUT2D eigenvalue weighted by atomic mass is 79.9. The zero-order valence-corrected chi connectivity index (χ0v) is 12.8. The van der Waals surface area contributed by atoms with Gasteiger partial charge in [0.05, 0.1) is 11.8 Å². The maximum atomic E-state index is 12.2. The molecule has 0 saturated heterocycles. The zero-order valence-electron chi connectivity index (χ0n) is 10.5. The van der Waals surface area contributed by atoms with E-state index in [1.165, 1.54) is 0 Å². The number of nitrogens with one attached hydrogen (secondary N) is 1. The van der Waals surface area contributed by atoms with E-state index in [0.717, 1.165) is 4.47 Å². The van der Waals surface area contributed by atoms with E-state index in [-0.39, 0.29) is 18.7 Å². The third-order valence-corrected chi connectivity index (χ3v) is 4.10. The number of amides is 1. The number of rotatable bonds is 3. The number of allylic oxidation sites excluding steroid dienone is 2. The summed E-state index contributed by atoms with van der Waals surface area (Å²) in [7, 11) is 0. The number of halogens is 2. The predicted molar refractivity (Wildman–Crippen MR) is 80.6 cm³/mol. The summed E-state index contributed by atoms with van der Waals surface area (Å²) in [5.74, 6) is -2.66. The van der Waals surface area contributed by atoms with Crippen LogP contribution in [0.15, 0.2) is 39.8 Å². The maximum Gasteiger partial charge on any atom is 0.307 e. The van der Waals surface area contributed by atoms with Crippen molar-refractivity contribution in [1.82, 2.24) is 0 Å². The van der Waals surface area contributed by atoms with Gasteiger partial charge in [0.25, 0.3) is 0 Å². The van der Waals surface area contributed by atoms with Crippen molar-refractivity contribution in [2.45, 2.75) is 12.8 Å². The largest absolute Gasteiger partial charge is 0.481 e. The van der Waals surface area contributed by atoms with Crippen molar-refractivity contribution in [1.29, 1.82) is 0 Å². The topological polar surface area (TPSA) is 66.4 Å². The Bertz CT molecular complexity index is 556. The van der Waals surface area contributed by atoms with Crippen molar-refractivity contribution >= 4 is 45.1 Å². The Balaban J connectivity index is 2.12. The molecule has 0 spiro atoms. The first-order valence-corrected chi connectivity index (χ1v) is 7.28. The summed E-state index contributed by atoms with van der Waals surface area (Å²) in [5, 5.41) is 12.5. The minimum absolute atomic E-state index is 0.265. The molecule has 0 heterocycles. The van der Waals surface area contributed by atoms with Crippen LogP contribution in [0.1, 0.15) is 12.8 Å². The average molecular weight is 359 g/mol. The number of aliphatic carboxylic acids is 1. The molecule has 1 aromatic carbocycles. The third kappa shape index (κ3) is 3.61. The second-order valence-corrected chi connectivity index (χ2v) is 6.04. The van der Waals surface area contributed by atoms with Gasteiger partial charge in [-0.2, -0.15) is 0 Å². The van der Waals surface area contributed by atoms with Crippen molar-refractivity contribution in [3.8, 4) is 0 Å². The normalized spacial score (nSPS) is 22.0. The fourth-order valence-electron chi connectivity index (χ4n) is 2.17. The van der Waals surface area contributed by atoms with E-state index in [1.807, 2.05) is 0 Å². The van der Waals surface area contributed by atoms with Crippen LogP contribution in [0.5, 0.6) is 0 Å². The van der Waals surface area contributed by atoms with Gasteiger partial charge in [-0.25, -0.2) is 0 Å². The molecule has 2 atom stereocenters. The molecule has 2 N–H and O–H groups in total. The van der Waals surface area contributed by atoms with Crippen LogP contribution in [0.4, 0.5) is 5.69 Å². The highest BCUT2D eigenvalue weighted by Gasteiger charge is 2.36. The predicted octanol–water partition coefficient (Wildman–Crippen LogP) is 3.62. The van der Waals surface area contributed by atoms with Gasteiger partial charge >= 0.3 is 5.97 Å². The van der Waals surface area contributed by atoms with Crippen molar-refractivity contribution in [2.75, 3.05) is 5.32 Å². The fraction of sp³-hybridized carbons (Fsp3) is 0.286. The van der Waals surface area contributed by atoms with Gasteiger partial charge in [0.1, 0.15) is 0 Å². The van der Waals surface area contributed by atoms with Gasteiger partial charge in [-0.15, -0.1) is 0 Å². The Labute approximate surface area is 129 Å². The minimum Gasteiger partial charge on any atom is -0.481 e. The molecule has 1 aliphatic rings. The van der Waals surface area contributed by atoms with E-state index in [4.69, 9.17) is 11.6 Å².